The average molecular weight is 623 g/mol. The van der Waals surface area contributed by atoms with Crippen LogP contribution in [0.25, 0.3) is 0 Å². The summed E-state index contributed by atoms with van der Waals surface area (Å²) in [6.45, 7) is 6.55. The molecule has 3 N–H and O–H groups in total. The molecule has 0 saturated heterocycles. The molecule has 0 aromatic heterocycles. The molecule has 3 atom stereocenters. The number of non-ortho nitro benzene ring substituents is 2. The van der Waals surface area contributed by atoms with Gasteiger partial charge in [-0.05, 0) is 60.4 Å². The Bertz CT molecular complexity index is 1450. The van der Waals surface area contributed by atoms with Gasteiger partial charge in [0.2, 0.25) is 0 Å². The average Bonchev–Trinajstić information content (AvgIpc) is 3.00. The third-order valence-corrected chi connectivity index (χ3v) is 8.22. The molecule has 13 nitrogen and oxygen atoms in total. The number of nitro benzene ring substituents is 2. The van der Waals surface area contributed by atoms with E-state index in [1.165, 1.54) is 36.4 Å². The summed E-state index contributed by atoms with van der Waals surface area (Å²) in [5.74, 6) is 0.888. The molecule has 1 fully saturated rings. The number of nitro groups is 2. The number of aromatic hydroxyl groups is 2. The first-order chi connectivity index (χ1) is 21.4. The lowest BCUT2D eigenvalue weighted by Crippen LogP contribution is -2.36. The molecule has 0 heterocycles. The van der Waals surface area contributed by atoms with E-state index in [1.807, 2.05) is 0 Å². The van der Waals surface area contributed by atoms with Crippen molar-refractivity contribution in [1.29, 1.82) is 0 Å². The number of rotatable bonds is 12. The summed E-state index contributed by atoms with van der Waals surface area (Å²) in [4.78, 5) is 46.3. The highest BCUT2D eigenvalue weighted by Gasteiger charge is 2.33. The van der Waals surface area contributed by atoms with Crippen molar-refractivity contribution in [2.75, 3.05) is 4.90 Å². The maximum absolute atomic E-state index is 12.4. The summed E-state index contributed by atoms with van der Waals surface area (Å²) in [6, 6.07) is 14.3. The van der Waals surface area contributed by atoms with Gasteiger partial charge in [-0.1, -0.05) is 39.3 Å². The van der Waals surface area contributed by atoms with E-state index in [2.05, 4.69) is 26.1 Å². The van der Waals surface area contributed by atoms with Gasteiger partial charge in [-0.3, -0.25) is 25.1 Å². The van der Waals surface area contributed by atoms with Gasteiger partial charge in [0, 0.05) is 60.7 Å². The van der Waals surface area contributed by atoms with Gasteiger partial charge in [-0.15, -0.1) is 0 Å². The molecular formula is C32H38N4O9. The second-order valence-electron chi connectivity index (χ2n) is 11.8. The Morgan fingerprint density at radius 2 is 1.49 bits per heavy atom. The summed E-state index contributed by atoms with van der Waals surface area (Å²) >= 11 is 0. The van der Waals surface area contributed by atoms with Gasteiger partial charge in [-0.2, -0.15) is 4.89 Å². The van der Waals surface area contributed by atoms with Crippen LogP contribution in [-0.4, -0.2) is 32.3 Å². The molecule has 1 aliphatic rings. The van der Waals surface area contributed by atoms with Crippen molar-refractivity contribution < 1.29 is 34.6 Å². The maximum atomic E-state index is 12.4. The van der Waals surface area contributed by atoms with Gasteiger partial charge in [0.15, 0.2) is 0 Å². The van der Waals surface area contributed by atoms with Gasteiger partial charge < -0.3 is 20.4 Å². The molecule has 1 saturated carbocycles. The van der Waals surface area contributed by atoms with Crippen molar-refractivity contribution in [2.24, 2.45) is 17.8 Å². The van der Waals surface area contributed by atoms with Gasteiger partial charge >= 0.3 is 6.09 Å². The lowest BCUT2D eigenvalue weighted by atomic mass is 9.75. The van der Waals surface area contributed by atoms with Crippen molar-refractivity contribution in [2.45, 2.75) is 65.8 Å². The molecule has 0 bridgehead atoms. The molecule has 3 unspecified atom stereocenters. The summed E-state index contributed by atoms with van der Waals surface area (Å²) in [5, 5.41) is 46.3. The van der Waals surface area contributed by atoms with Crippen LogP contribution in [-0.2, 0) is 29.4 Å². The SMILES string of the molecule is CC1CCC(C(C)C)C(OOC(=O)NCc2ccc(N(Cc3cc([N+](=O)[O-])ccc3O)Cc3cc([N+](=O)[O-])ccc3O)cc2)C1. The Kier molecular flexibility index (Phi) is 10.8. The van der Waals surface area contributed by atoms with Crippen molar-refractivity contribution >= 4 is 23.2 Å². The zero-order chi connectivity index (χ0) is 32.7. The third kappa shape index (κ3) is 8.82. The van der Waals surface area contributed by atoms with Crippen molar-refractivity contribution in [3.05, 3.63) is 97.6 Å². The largest absolute Gasteiger partial charge is 0.508 e. The number of carbonyl (C=O) groups excluding carboxylic acids is 1. The predicted octanol–water partition coefficient (Wildman–Crippen LogP) is 6.74. The molecule has 13 heteroatoms. The lowest BCUT2D eigenvalue weighted by Gasteiger charge is -2.35. The quantitative estimate of drug-likeness (QED) is 0.111. The number of amides is 1. The predicted molar refractivity (Wildman–Crippen MR) is 165 cm³/mol. The highest BCUT2D eigenvalue weighted by atomic mass is 17.2. The summed E-state index contributed by atoms with van der Waals surface area (Å²) in [7, 11) is 0. The van der Waals surface area contributed by atoms with Crippen LogP contribution < -0.4 is 10.2 Å². The Labute approximate surface area is 260 Å². The van der Waals surface area contributed by atoms with Crippen molar-refractivity contribution in [1.82, 2.24) is 5.32 Å². The fraction of sp³-hybridized carbons (Fsp3) is 0.406. The maximum Gasteiger partial charge on any atom is 0.438 e. The minimum absolute atomic E-state index is 0.0198. The second kappa shape index (κ2) is 14.7. The van der Waals surface area contributed by atoms with Crippen molar-refractivity contribution in [3.63, 3.8) is 0 Å². The van der Waals surface area contributed by atoms with Crippen LogP contribution in [0.2, 0.25) is 0 Å². The minimum Gasteiger partial charge on any atom is -0.508 e. The number of nitrogens with one attached hydrogen (secondary N) is 1. The van der Waals surface area contributed by atoms with Crippen LogP contribution in [0.3, 0.4) is 0 Å². The summed E-state index contributed by atoms with van der Waals surface area (Å²) in [6.07, 6.45) is 2.13. The fourth-order valence-corrected chi connectivity index (χ4v) is 5.63. The van der Waals surface area contributed by atoms with Gasteiger partial charge in [0.1, 0.15) is 17.6 Å². The van der Waals surface area contributed by atoms with Crippen LogP contribution >= 0.6 is 0 Å². The van der Waals surface area contributed by atoms with Crippen LogP contribution in [0, 0.1) is 38.0 Å². The molecular weight excluding hydrogens is 584 g/mol. The van der Waals surface area contributed by atoms with E-state index in [0.717, 1.165) is 24.8 Å². The standard InChI is InChI=1S/C32H38N4O9/c1-20(2)28-11-4-21(3)14-31(28)44-45-32(39)33-17-22-5-7-25(8-6-22)34(18-23-15-26(35(40)41)9-12-29(23)37)19-24-16-27(36(42)43)10-13-30(24)38/h5-10,12-13,15-16,20-21,28,31,37-38H,4,11,14,17-19H2,1-3H3,(H,33,39). The van der Waals surface area contributed by atoms with Gasteiger partial charge in [0.25, 0.3) is 11.4 Å². The van der Waals surface area contributed by atoms with Crippen LogP contribution in [0.15, 0.2) is 60.7 Å². The van der Waals surface area contributed by atoms with Gasteiger partial charge in [0.05, 0.1) is 9.85 Å². The molecule has 0 spiro atoms. The third-order valence-electron chi connectivity index (χ3n) is 8.22. The number of hydrogen-bond acceptors (Lipinski definition) is 10. The number of carbonyl (C=O) groups is 1. The number of benzene rings is 3. The number of nitrogens with zero attached hydrogens (tertiary/aromatic N) is 3. The zero-order valence-electron chi connectivity index (χ0n) is 25.4. The number of hydrogen-bond donors (Lipinski definition) is 3. The number of phenols is 2. The summed E-state index contributed by atoms with van der Waals surface area (Å²) in [5.41, 5.74) is 1.39. The Balaban J connectivity index is 1.47. The zero-order valence-corrected chi connectivity index (χ0v) is 25.4. The van der Waals surface area contributed by atoms with Gasteiger partial charge in [-0.25, -0.2) is 4.79 Å². The van der Waals surface area contributed by atoms with Crippen LogP contribution in [0.5, 0.6) is 11.5 Å². The highest BCUT2D eigenvalue weighted by Crippen LogP contribution is 2.35. The first-order valence-electron chi connectivity index (χ1n) is 14.8. The van der Waals surface area contributed by atoms with Crippen molar-refractivity contribution in [3.8, 4) is 11.5 Å². The topological polar surface area (TPSA) is 178 Å². The molecule has 45 heavy (non-hydrogen) atoms. The number of phenolic OH excluding ortho intramolecular Hbond substituents is 2. The minimum atomic E-state index is -0.705. The highest BCUT2D eigenvalue weighted by molar-refractivity contribution is 5.66. The number of anilines is 1. The molecule has 3 aromatic carbocycles. The van der Waals surface area contributed by atoms with Crippen LogP contribution in [0.4, 0.5) is 21.9 Å². The molecule has 0 aliphatic heterocycles. The smallest absolute Gasteiger partial charge is 0.438 e. The van der Waals surface area contributed by atoms with E-state index in [1.54, 1.807) is 29.2 Å². The molecule has 0 radical (unpaired) electrons. The lowest BCUT2D eigenvalue weighted by molar-refractivity contribution is -0.385. The fourth-order valence-electron chi connectivity index (χ4n) is 5.63. The van der Waals surface area contributed by atoms with E-state index in [-0.39, 0.29) is 59.7 Å². The molecule has 4 rings (SSSR count). The van der Waals surface area contributed by atoms with E-state index in [9.17, 15) is 35.2 Å². The Hall–Kier alpha value is -4.91. The molecule has 3 aromatic rings. The molecule has 1 amide bonds. The molecule has 240 valence electrons. The monoisotopic (exact) mass is 622 g/mol. The van der Waals surface area contributed by atoms with E-state index >= 15 is 0 Å². The van der Waals surface area contributed by atoms with Crippen LogP contribution in [0.1, 0.15) is 56.7 Å². The van der Waals surface area contributed by atoms with E-state index < -0.39 is 15.9 Å². The summed E-state index contributed by atoms with van der Waals surface area (Å²) < 4.78 is 0. The second-order valence-corrected chi connectivity index (χ2v) is 11.8. The first kappa shape index (κ1) is 33.0. The normalized spacial score (nSPS) is 17.9. The van der Waals surface area contributed by atoms with E-state index in [4.69, 9.17) is 9.78 Å². The molecule has 1 aliphatic carbocycles. The Morgan fingerprint density at radius 3 is 2.00 bits per heavy atom. The van der Waals surface area contributed by atoms with E-state index in [0.29, 0.717) is 23.4 Å². The Morgan fingerprint density at radius 1 is 0.933 bits per heavy atom. The first-order valence-corrected chi connectivity index (χ1v) is 14.8.